The molecule has 1 atom stereocenters. The molecule has 0 aromatic carbocycles. The van der Waals surface area contributed by atoms with Gasteiger partial charge >= 0.3 is 0 Å². The fourth-order valence-electron chi connectivity index (χ4n) is 1.54. The zero-order valence-corrected chi connectivity index (χ0v) is 9.46. The van der Waals surface area contributed by atoms with Gasteiger partial charge in [-0.15, -0.1) is 10.2 Å². The van der Waals surface area contributed by atoms with Crippen molar-refractivity contribution in [2.45, 2.75) is 19.5 Å². The maximum atomic E-state index is 4.25. The number of hydrogen-bond donors (Lipinski definition) is 1. The van der Waals surface area contributed by atoms with Gasteiger partial charge in [-0.1, -0.05) is 6.07 Å². The highest BCUT2D eigenvalue weighted by Gasteiger charge is 2.10. The highest BCUT2D eigenvalue weighted by Crippen LogP contribution is 2.07. The molecule has 0 saturated carbocycles. The highest BCUT2D eigenvalue weighted by atomic mass is 15.3. The summed E-state index contributed by atoms with van der Waals surface area (Å²) in [4.78, 5) is 4.25. The molecular formula is C11H15N5. The third kappa shape index (κ3) is 2.43. The second-order valence-electron chi connectivity index (χ2n) is 3.72. The molecule has 5 heteroatoms. The average molecular weight is 217 g/mol. The molecule has 84 valence electrons. The van der Waals surface area contributed by atoms with Gasteiger partial charge in [0.05, 0.1) is 11.7 Å². The number of hydrogen-bond acceptors (Lipinski definition) is 4. The van der Waals surface area contributed by atoms with E-state index in [1.54, 1.807) is 12.5 Å². The van der Waals surface area contributed by atoms with E-state index < -0.39 is 0 Å². The van der Waals surface area contributed by atoms with Crippen molar-refractivity contribution in [2.24, 2.45) is 7.05 Å². The SMILES string of the molecule is C[C@H](NCc1ccccn1)c1nncn1C. The van der Waals surface area contributed by atoms with Gasteiger partial charge in [0.15, 0.2) is 0 Å². The molecule has 2 rings (SSSR count). The van der Waals surface area contributed by atoms with Gasteiger partial charge in [-0.25, -0.2) is 0 Å². The highest BCUT2D eigenvalue weighted by molar-refractivity contribution is 5.04. The summed E-state index contributed by atoms with van der Waals surface area (Å²) in [5.74, 6) is 0.927. The van der Waals surface area contributed by atoms with E-state index in [1.807, 2.05) is 29.8 Å². The fraction of sp³-hybridized carbons (Fsp3) is 0.364. The van der Waals surface area contributed by atoms with Crippen LogP contribution in [0.2, 0.25) is 0 Å². The monoisotopic (exact) mass is 217 g/mol. The molecule has 0 aliphatic carbocycles. The lowest BCUT2D eigenvalue weighted by atomic mass is 10.3. The number of nitrogens with zero attached hydrogens (tertiary/aromatic N) is 4. The van der Waals surface area contributed by atoms with Gasteiger partial charge in [0.25, 0.3) is 0 Å². The Hall–Kier alpha value is -1.75. The van der Waals surface area contributed by atoms with Crippen LogP contribution in [-0.4, -0.2) is 19.7 Å². The lowest BCUT2D eigenvalue weighted by Gasteiger charge is -2.12. The molecule has 16 heavy (non-hydrogen) atoms. The van der Waals surface area contributed by atoms with Crippen molar-refractivity contribution in [3.05, 3.63) is 42.2 Å². The smallest absolute Gasteiger partial charge is 0.149 e. The molecule has 2 heterocycles. The van der Waals surface area contributed by atoms with E-state index in [1.165, 1.54) is 0 Å². The second-order valence-corrected chi connectivity index (χ2v) is 3.72. The van der Waals surface area contributed by atoms with E-state index in [0.29, 0.717) is 0 Å². The van der Waals surface area contributed by atoms with Crippen molar-refractivity contribution in [1.82, 2.24) is 25.1 Å². The van der Waals surface area contributed by atoms with Gasteiger partial charge in [0.1, 0.15) is 12.2 Å². The third-order valence-electron chi connectivity index (χ3n) is 2.45. The first kappa shape index (κ1) is 10.8. The quantitative estimate of drug-likeness (QED) is 0.832. The van der Waals surface area contributed by atoms with E-state index in [0.717, 1.165) is 18.1 Å². The topological polar surface area (TPSA) is 55.6 Å². The summed E-state index contributed by atoms with van der Waals surface area (Å²) < 4.78 is 1.91. The predicted molar refractivity (Wildman–Crippen MR) is 60.5 cm³/mol. The van der Waals surface area contributed by atoms with Crippen LogP contribution in [0.1, 0.15) is 24.5 Å². The average Bonchev–Trinajstić information content (AvgIpc) is 2.74. The van der Waals surface area contributed by atoms with Crippen LogP contribution in [0.3, 0.4) is 0 Å². The number of nitrogens with one attached hydrogen (secondary N) is 1. The van der Waals surface area contributed by atoms with Crippen LogP contribution in [0, 0.1) is 0 Å². The van der Waals surface area contributed by atoms with Gasteiger partial charge < -0.3 is 9.88 Å². The van der Waals surface area contributed by atoms with Crippen molar-refractivity contribution >= 4 is 0 Å². The molecule has 0 aliphatic rings. The molecule has 0 spiro atoms. The summed E-state index contributed by atoms with van der Waals surface area (Å²) in [7, 11) is 1.94. The Labute approximate surface area is 94.5 Å². The summed E-state index contributed by atoms with van der Waals surface area (Å²) in [5, 5.41) is 11.3. The number of pyridine rings is 1. The Morgan fingerprint density at radius 2 is 2.31 bits per heavy atom. The molecule has 0 fully saturated rings. The Kier molecular flexibility index (Phi) is 3.26. The normalized spacial score (nSPS) is 12.6. The molecule has 0 radical (unpaired) electrons. The van der Waals surface area contributed by atoms with E-state index in [9.17, 15) is 0 Å². The van der Waals surface area contributed by atoms with Crippen LogP contribution in [-0.2, 0) is 13.6 Å². The maximum Gasteiger partial charge on any atom is 0.149 e. The molecule has 0 bridgehead atoms. The summed E-state index contributed by atoms with van der Waals surface area (Å²) in [6, 6.07) is 6.05. The molecule has 0 unspecified atom stereocenters. The van der Waals surface area contributed by atoms with Crippen LogP contribution in [0.25, 0.3) is 0 Å². The number of aryl methyl sites for hydroxylation is 1. The summed E-state index contributed by atoms with van der Waals surface area (Å²) >= 11 is 0. The first-order valence-corrected chi connectivity index (χ1v) is 5.24. The molecule has 5 nitrogen and oxygen atoms in total. The van der Waals surface area contributed by atoms with E-state index in [4.69, 9.17) is 0 Å². The zero-order chi connectivity index (χ0) is 11.4. The lowest BCUT2D eigenvalue weighted by molar-refractivity contribution is 0.523. The fourth-order valence-corrected chi connectivity index (χ4v) is 1.54. The maximum absolute atomic E-state index is 4.25. The van der Waals surface area contributed by atoms with Gasteiger partial charge in [-0.05, 0) is 19.1 Å². The van der Waals surface area contributed by atoms with Gasteiger partial charge in [0.2, 0.25) is 0 Å². The molecule has 0 saturated heterocycles. The zero-order valence-electron chi connectivity index (χ0n) is 9.46. The summed E-state index contributed by atoms with van der Waals surface area (Å²) in [6.45, 7) is 2.79. The van der Waals surface area contributed by atoms with Crippen LogP contribution in [0.5, 0.6) is 0 Å². The minimum Gasteiger partial charge on any atom is -0.319 e. The van der Waals surface area contributed by atoms with Crippen molar-refractivity contribution < 1.29 is 0 Å². The van der Waals surface area contributed by atoms with E-state index >= 15 is 0 Å². The third-order valence-corrected chi connectivity index (χ3v) is 2.45. The Morgan fingerprint density at radius 3 is 2.94 bits per heavy atom. The van der Waals surface area contributed by atoms with Crippen LogP contribution < -0.4 is 5.32 Å². The predicted octanol–water partition coefficient (Wildman–Crippen LogP) is 1.06. The largest absolute Gasteiger partial charge is 0.319 e. The van der Waals surface area contributed by atoms with Crippen LogP contribution >= 0.6 is 0 Å². The summed E-state index contributed by atoms with van der Waals surface area (Å²) in [5.41, 5.74) is 1.02. The van der Waals surface area contributed by atoms with Crippen LogP contribution in [0.15, 0.2) is 30.7 Å². The minimum atomic E-state index is 0.162. The van der Waals surface area contributed by atoms with Gasteiger partial charge in [-0.3, -0.25) is 4.98 Å². The molecule has 0 aliphatic heterocycles. The summed E-state index contributed by atoms with van der Waals surface area (Å²) in [6.07, 6.45) is 3.50. The van der Waals surface area contributed by atoms with E-state index in [2.05, 4.69) is 27.4 Å². The van der Waals surface area contributed by atoms with Gasteiger partial charge in [-0.2, -0.15) is 0 Å². The molecule has 0 amide bonds. The molecule has 1 N–H and O–H groups in total. The van der Waals surface area contributed by atoms with Crippen molar-refractivity contribution in [3.8, 4) is 0 Å². The Balaban J connectivity index is 1.94. The Morgan fingerprint density at radius 1 is 1.44 bits per heavy atom. The van der Waals surface area contributed by atoms with E-state index in [-0.39, 0.29) is 6.04 Å². The second kappa shape index (κ2) is 4.85. The van der Waals surface area contributed by atoms with Crippen molar-refractivity contribution in [3.63, 3.8) is 0 Å². The standard InChI is InChI=1S/C11H15N5/c1-9(11-15-14-8-16(11)2)13-7-10-5-3-4-6-12-10/h3-6,8-9,13H,7H2,1-2H3/t9-/m0/s1. The molecule has 2 aromatic rings. The Bertz CT molecular complexity index is 437. The minimum absolute atomic E-state index is 0.162. The lowest BCUT2D eigenvalue weighted by Crippen LogP contribution is -2.21. The molecular weight excluding hydrogens is 202 g/mol. The molecule has 2 aromatic heterocycles. The van der Waals surface area contributed by atoms with Crippen molar-refractivity contribution in [1.29, 1.82) is 0 Å². The van der Waals surface area contributed by atoms with Gasteiger partial charge in [0, 0.05) is 19.8 Å². The first-order valence-electron chi connectivity index (χ1n) is 5.24. The number of rotatable bonds is 4. The van der Waals surface area contributed by atoms with Crippen LogP contribution in [0.4, 0.5) is 0 Å². The number of aromatic nitrogens is 4. The first-order chi connectivity index (χ1) is 7.77. The van der Waals surface area contributed by atoms with Crippen molar-refractivity contribution in [2.75, 3.05) is 0 Å².